The molecule has 1 aliphatic heterocycles. The summed E-state index contributed by atoms with van der Waals surface area (Å²) in [5, 5.41) is 2.78. The van der Waals surface area contributed by atoms with Crippen LogP contribution in [-0.2, 0) is 11.4 Å². The number of ether oxygens (including phenoxy) is 1. The van der Waals surface area contributed by atoms with E-state index in [0.29, 0.717) is 57.2 Å². The van der Waals surface area contributed by atoms with Gasteiger partial charge < -0.3 is 15.0 Å². The lowest BCUT2D eigenvalue weighted by atomic mass is 10.1. The monoisotopic (exact) mass is 471 g/mol. The molecule has 2 amide bonds. The van der Waals surface area contributed by atoms with Crippen molar-refractivity contribution < 1.29 is 14.3 Å². The molecule has 1 N–H and O–H groups in total. The van der Waals surface area contributed by atoms with Crippen LogP contribution in [0.3, 0.4) is 0 Å². The molecule has 0 saturated carbocycles. The van der Waals surface area contributed by atoms with Crippen molar-refractivity contribution in [3.8, 4) is 5.75 Å². The molecule has 158 valence electrons. The summed E-state index contributed by atoms with van der Waals surface area (Å²) in [6, 6.07) is 15.2. The molecule has 30 heavy (non-hydrogen) atoms. The van der Waals surface area contributed by atoms with E-state index in [-0.39, 0.29) is 11.8 Å². The van der Waals surface area contributed by atoms with Crippen LogP contribution in [0.1, 0.15) is 15.9 Å². The van der Waals surface area contributed by atoms with Crippen molar-refractivity contribution in [1.29, 1.82) is 0 Å². The first-order valence-electron chi connectivity index (χ1n) is 9.92. The fourth-order valence-electron chi connectivity index (χ4n) is 3.28. The highest BCUT2D eigenvalue weighted by molar-refractivity contribution is 9.10. The fraction of sp³-hybridized carbons (Fsp3) is 0.304. The quantitative estimate of drug-likeness (QED) is 0.600. The lowest BCUT2D eigenvalue weighted by Gasteiger charge is -2.34. The SMILES string of the molecule is C=CCNC(=O)CN1CCN(C(=O)c2ccccc2OCc2cccc(Br)c2)CC1. The first-order valence-corrected chi connectivity index (χ1v) is 10.7. The largest absolute Gasteiger partial charge is 0.488 e. The molecule has 6 nitrogen and oxygen atoms in total. The molecular formula is C23H26BrN3O3. The third-order valence-electron chi connectivity index (χ3n) is 4.87. The average molecular weight is 472 g/mol. The van der Waals surface area contributed by atoms with Crippen molar-refractivity contribution in [2.75, 3.05) is 39.3 Å². The van der Waals surface area contributed by atoms with Crippen LogP contribution in [0.5, 0.6) is 5.75 Å². The predicted octanol–water partition coefficient (Wildman–Crippen LogP) is 3.09. The molecule has 1 fully saturated rings. The Hall–Kier alpha value is -2.64. The molecule has 1 heterocycles. The van der Waals surface area contributed by atoms with E-state index in [2.05, 4.69) is 32.7 Å². The van der Waals surface area contributed by atoms with Gasteiger partial charge in [-0.15, -0.1) is 6.58 Å². The Balaban J connectivity index is 1.57. The van der Waals surface area contributed by atoms with Crippen molar-refractivity contribution in [1.82, 2.24) is 15.1 Å². The number of para-hydroxylation sites is 1. The minimum absolute atomic E-state index is 0.0269. The summed E-state index contributed by atoms with van der Waals surface area (Å²) in [5.74, 6) is 0.505. The number of carbonyl (C=O) groups excluding carboxylic acids is 2. The van der Waals surface area contributed by atoms with Crippen LogP contribution in [0.25, 0.3) is 0 Å². The molecule has 0 unspecified atom stereocenters. The number of hydrogen-bond donors (Lipinski definition) is 1. The number of rotatable bonds is 8. The second kappa shape index (κ2) is 10.9. The second-order valence-electron chi connectivity index (χ2n) is 7.08. The Morgan fingerprint density at radius 1 is 1.10 bits per heavy atom. The molecule has 0 atom stereocenters. The molecule has 1 aliphatic rings. The van der Waals surface area contributed by atoms with Crippen molar-refractivity contribution in [2.45, 2.75) is 6.61 Å². The van der Waals surface area contributed by atoms with Crippen molar-refractivity contribution in [3.05, 3.63) is 76.8 Å². The summed E-state index contributed by atoms with van der Waals surface area (Å²) < 4.78 is 6.95. The van der Waals surface area contributed by atoms with Crippen LogP contribution in [0.4, 0.5) is 0 Å². The number of halogens is 1. The Kier molecular flexibility index (Phi) is 8.04. The number of nitrogens with one attached hydrogen (secondary N) is 1. The molecule has 2 aromatic rings. The minimum atomic E-state index is -0.0457. The van der Waals surface area contributed by atoms with Crippen LogP contribution >= 0.6 is 15.9 Å². The summed E-state index contributed by atoms with van der Waals surface area (Å²) in [7, 11) is 0. The maximum Gasteiger partial charge on any atom is 0.257 e. The topological polar surface area (TPSA) is 61.9 Å². The van der Waals surface area contributed by atoms with Crippen LogP contribution in [0, 0.1) is 0 Å². The van der Waals surface area contributed by atoms with E-state index < -0.39 is 0 Å². The Labute approximate surface area is 185 Å². The summed E-state index contributed by atoms with van der Waals surface area (Å²) in [5.41, 5.74) is 1.58. The molecular weight excluding hydrogens is 446 g/mol. The van der Waals surface area contributed by atoms with E-state index in [9.17, 15) is 9.59 Å². The standard InChI is InChI=1S/C23H26BrN3O3/c1-2-10-25-22(28)16-26-11-13-27(14-12-26)23(29)20-8-3-4-9-21(20)30-17-18-6-5-7-19(24)15-18/h2-9,15H,1,10-14,16-17H2,(H,25,28). The third-order valence-corrected chi connectivity index (χ3v) is 5.36. The van der Waals surface area contributed by atoms with Gasteiger partial charge in [-0.3, -0.25) is 14.5 Å². The number of amides is 2. The highest BCUT2D eigenvalue weighted by atomic mass is 79.9. The van der Waals surface area contributed by atoms with E-state index in [1.807, 2.05) is 47.4 Å². The van der Waals surface area contributed by atoms with Crippen molar-refractivity contribution in [2.24, 2.45) is 0 Å². The van der Waals surface area contributed by atoms with Gasteiger partial charge in [-0.2, -0.15) is 0 Å². The highest BCUT2D eigenvalue weighted by Gasteiger charge is 2.25. The zero-order chi connectivity index (χ0) is 21.3. The van der Waals surface area contributed by atoms with Crippen molar-refractivity contribution in [3.63, 3.8) is 0 Å². The van der Waals surface area contributed by atoms with Gasteiger partial charge >= 0.3 is 0 Å². The van der Waals surface area contributed by atoms with Gasteiger partial charge in [-0.1, -0.05) is 46.3 Å². The number of hydrogen-bond acceptors (Lipinski definition) is 4. The first-order chi connectivity index (χ1) is 14.6. The summed E-state index contributed by atoms with van der Waals surface area (Å²) >= 11 is 3.46. The highest BCUT2D eigenvalue weighted by Crippen LogP contribution is 2.22. The third kappa shape index (κ3) is 6.18. The number of carbonyl (C=O) groups is 2. The summed E-state index contributed by atoms with van der Waals surface area (Å²) in [4.78, 5) is 28.8. The number of nitrogens with zero attached hydrogens (tertiary/aromatic N) is 2. The Morgan fingerprint density at radius 3 is 2.60 bits per heavy atom. The maximum absolute atomic E-state index is 13.1. The van der Waals surface area contributed by atoms with E-state index in [1.54, 1.807) is 12.1 Å². The Bertz CT molecular complexity index is 895. The van der Waals surface area contributed by atoms with E-state index >= 15 is 0 Å². The molecule has 0 spiro atoms. The minimum Gasteiger partial charge on any atom is -0.488 e. The molecule has 3 rings (SSSR count). The zero-order valence-corrected chi connectivity index (χ0v) is 18.4. The van der Waals surface area contributed by atoms with Crippen LogP contribution in [0.15, 0.2) is 65.7 Å². The van der Waals surface area contributed by atoms with Gasteiger partial charge in [0.25, 0.3) is 5.91 Å². The fourth-order valence-corrected chi connectivity index (χ4v) is 3.73. The van der Waals surface area contributed by atoms with E-state index in [0.717, 1.165) is 10.0 Å². The summed E-state index contributed by atoms with van der Waals surface area (Å²) in [6.45, 7) is 7.26. The van der Waals surface area contributed by atoms with E-state index in [4.69, 9.17) is 4.74 Å². The van der Waals surface area contributed by atoms with Gasteiger partial charge in [-0.25, -0.2) is 0 Å². The molecule has 0 radical (unpaired) electrons. The lowest BCUT2D eigenvalue weighted by molar-refractivity contribution is -0.122. The predicted molar refractivity (Wildman–Crippen MR) is 120 cm³/mol. The van der Waals surface area contributed by atoms with Crippen LogP contribution in [0.2, 0.25) is 0 Å². The molecule has 0 aromatic heterocycles. The first kappa shape index (κ1) is 22.1. The Morgan fingerprint density at radius 2 is 1.87 bits per heavy atom. The molecule has 2 aromatic carbocycles. The maximum atomic E-state index is 13.1. The van der Waals surface area contributed by atoms with Crippen molar-refractivity contribution >= 4 is 27.7 Å². The smallest absolute Gasteiger partial charge is 0.257 e. The lowest BCUT2D eigenvalue weighted by Crippen LogP contribution is -2.51. The van der Waals surface area contributed by atoms with Gasteiger partial charge in [0.15, 0.2) is 0 Å². The van der Waals surface area contributed by atoms with E-state index in [1.165, 1.54) is 0 Å². The van der Waals surface area contributed by atoms with Gasteiger partial charge in [0.1, 0.15) is 12.4 Å². The average Bonchev–Trinajstić information content (AvgIpc) is 2.76. The normalized spacial score (nSPS) is 14.2. The summed E-state index contributed by atoms with van der Waals surface area (Å²) in [6.07, 6.45) is 1.66. The van der Waals surface area contributed by atoms with Crippen LogP contribution in [-0.4, -0.2) is 60.9 Å². The zero-order valence-electron chi connectivity index (χ0n) is 16.9. The van der Waals surface area contributed by atoms with Crippen LogP contribution < -0.4 is 10.1 Å². The van der Waals surface area contributed by atoms with Gasteiger partial charge in [0, 0.05) is 37.2 Å². The molecule has 0 bridgehead atoms. The molecule has 1 saturated heterocycles. The molecule has 7 heteroatoms. The molecule has 0 aliphatic carbocycles. The number of benzene rings is 2. The van der Waals surface area contributed by atoms with Gasteiger partial charge in [0.05, 0.1) is 12.1 Å². The number of piperazine rings is 1. The van der Waals surface area contributed by atoms with Gasteiger partial charge in [0.2, 0.25) is 5.91 Å². The second-order valence-corrected chi connectivity index (χ2v) is 7.99. The van der Waals surface area contributed by atoms with Gasteiger partial charge in [-0.05, 0) is 29.8 Å².